The molecular formula is C10H18F2N4O2. The van der Waals surface area contributed by atoms with Crippen LogP contribution in [0.4, 0.5) is 14.5 Å². The first-order valence-electron chi connectivity index (χ1n) is 5.58. The zero-order chi connectivity index (χ0) is 13.5. The van der Waals surface area contributed by atoms with Crippen LogP contribution in [-0.2, 0) is 6.54 Å². The van der Waals surface area contributed by atoms with Crippen molar-refractivity contribution in [3.63, 3.8) is 0 Å². The number of aliphatic hydroxyl groups excluding tert-OH is 2. The molecule has 1 atom stereocenters. The number of hydrogen-bond acceptors (Lipinski definition) is 5. The lowest BCUT2D eigenvalue weighted by atomic mass is 10.3. The molecule has 0 bridgehead atoms. The average Bonchev–Trinajstić information content (AvgIpc) is 2.62. The van der Waals surface area contributed by atoms with Crippen molar-refractivity contribution in [1.82, 2.24) is 14.7 Å². The molecule has 104 valence electrons. The topological polar surface area (TPSA) is 87.5 Å². The highest BCUT2D eigenvalue weighted by atomic mass is 19.3. The van der Waals surface area contributed by atoms with E-state index in [-0.39, 0.29) is 26.2 Å². The second-order valence-corrected chi connectivity index (χ2v) is 4.02. The lowest BCUT2D eigenvalue weighted by molar-refractivity contribution is 0.0403. The summed E-state index contributed by atoms with van der Waals surface area (Å²) in [6, 6.07) is 0. The summed E-state index contributed by atoms with van der Waals surface area (Å²) >= 11 is 0. The summed E-state index contributed by atoms with van der Waals surface area (Å²) in [6.07, 6.45) is -0.358. The number of alkyl halides is 2. The molecule has 0 radical (unpaired) electrons. The zero-order valence-corrected chi connectivity index (χ0v) is 9.91. The third kappa shape index (κ3) is 5.39. The Morgan fingerprint density at radius 3 is 2.67 bits per heavy atom. The zero-order valence-electron chi connectivity index (χ0n) is 9.91. The van der Waals surface area contributed by atoms with Crippen molar-refractivity contribution in [2.24, 2.45) is 0 Å². The molecule has 0 aliphatic rings. The number of anilines is 1. The van der Waals surface area contributed by atoms with Gasteiger partial charge >= 0.3 is 0 Å². The van der Waals surface area contributed by atoms with E-state index in [0.29, 0.717) is 5.69 Å². The van der Waals surface area contributed by atoms with E-state index in [1.807, 2.05) is 0 Å². The van der Waals surface area contributed by atoms with E-state index < -0.39 is 19.1 Å². The number of nitrogens with two attached hydrogens (primary N) is 1. The summed E-state index contributed by atoms with van der Waals surface area (Å²) in [6.45, 7) is -0.386. The summed E-state index contributed by atoms with van der Waals surface area (Å²) in [5, 5.41) is 22.4. The molecule has 4 N–H and O–H groups in total. The molecule has 1 aromatic rings. The first-order valence-corrected chi connectivity index (χ1v) is 5.58. The van der Waals surface area contributed by atoms with E-state index >= 15 is 0 Å². The largest absolute Gasteiger partial charge is 0.396 e. The normalized spacial score (nSPS) is 13.4. The van der Waals surface area contributed by atoms with Crippen molar-refractivity contribution in [3.8, 4) is 0 Å². The van der Waals surface area contributed by atoms with Gasteiger partial charge in [0.1, 0.15) is 0 Å². The molecule has 0 saturated heterocycles. The maximum Gasteiger partial charge on any atom is 0.251 e. The van der Waals surface area contributed by atoms with Crippen molar-refractivity contribution in [3.05, 3.63) is 12.4 Å². The predicted octanol–water partition coefficient (Wildman–Crippen LogP) is -0.614. The van der Waals surface area contributed by atoms with Gasteiger partial charge in [-0.25, -0.2) is 8.78 Å². The quantitative estimate of drug-likeness (QED) is 0.583. The van der Waals surface area contributed by atoms with Crippen LogP contribution in [0.3, 0.4) is 0 Å². The van der Waals surface area contributed by atoms with Crippen LogP contribution >= 0.6 is 0 Å². The summed E-state index contributed by atoms with van der Waals surface area (Å²) in [5.41, 5.74) is 5.94. The van der Waals surface area contributed by atoms with Crippen LogP contribution in [-0.4, -0.2) is 63.7 Å². The van der Waals surface area contributed by atoms with Gasteiger partial charge in [0.05, 0.1) is 37.7 Å². The fourth-order valence-corrected chi connectivity index (χ4v) is 1.64. The van der Waals surface area contributed by atoms with E-state index in [9.17, 15) is 13.9 Å². The Bertz CT molecular complexity index is 348. The van der Waals surface area contributed by atoms with Gasteiger partial charge < -0.3 is 15.9 Å². The highest BCUT2D eigenvalue weighted by molar-refractivity contribution is 5.30. The van der Waals surface area contributed by atoms with E-state index in [2.05, 4.69) is 5.10 Å². The van der Waals surface area contributed by atoms with Crippen LogP contribution in [0.1, 0.15) is 0 Å². The maximum atomic E-state index is 12.2. The lowest BCUT2D eigenvalue weighted by Gasteiger charge is -2.23. The third-order valence-electron chi connectivity index (χ3n) is 2.33. The SMILES string of the molecule is Nc1cnn(CC(O)CN(CCO)CC(F)F)c1. The van der Waals surface area contributed by atoms with E-state index in [0.717, 1.165) is 0 Å². The molecule has 1 rings (SSSR count). The van der Waals surface area contributed by atoms with Crippen molar-refractivity contribution in [2.75, 3.05) is 32.0 Å². The minimum absolute atomic E-state index is 0.0463. The molecular weight excluding hydrogens is 246 g/mol. The molecule has 18 heavy (non-hydrogen) atoms. The highest BCUT2D eigenvalue weighted by Gasteiger charge is 2.16. The summed E-state index contributed by atoms with van der Waals surface area (Å²) in [7, 11) is 0. The van der Waals surface area contributed by atoms with Gasteiger partial charge in [-0.05, 0) is 0 Å². The standard InChI is InChI=1S/C10H18F2N4O2/c11-10(12)7-15(1-2-17)5-9(18)6-16-4-8(13)3-14-16/h3-4,9-10,17-18H,1-2,5-7,13H2. The van der Waals surface area contributed by atoms with Crippen LogP contribution in [0.25, 0.3) is 0 Å². The Morgan fingerprint density at radius 2 is 2.17 bits per heavy atom. The second kappa shape index (κ2) is 7.24. The molecule has 0 aromatic carbocycles. The molecule has 0 saturated carbocycles. The number of nitrogens with zero attached hydrogens (tertiary/aromatic N) is 3. The van der Waals surface area contributed by atoms with Gasteiger partial charge in [0, 0.05) is 19.3 Å². The van der Waals surface area contributed by atoms with Gasteiger partial charge in [-0.2, -0.15) is 5.10 Å². The van der Waals surface area contributed by atoms with Gasteiger partial charge in [0.2, 0.25) is 0 Å². The smallest absolute Gasteiger partial charge is 0.251 e. The second-order valence-electron chi connectivity index (χ2n) is 4.02. The Balaban J connectivity index is 2.42. The van der Waals surface area contributed by atoms with Gasteiger partial charge in [0.25, 0.3) is 6.43 Å². The minimum atomic E-state index is -2.50. The van der Waals surface area contributed by atoms with Gasteiger partial charge in [-0.15, -0.1) is 0 Å². The number of nitrogen functional groups attached to an aromatic ring is 1. The first-order chi connectivity index (χ1) is 8.51. The van der Waals surface area contributed by atoms with Crippen LogP contribution in [0.15, 0.2) is 12.4 Å². The van der Waals surface area contributed by atoms with E-state index in [1.165, 1.54) is 15.8 Å². The summed E-state index contributed by atoms with van der Waals surface area (Å²) in [5.74, 6) is 0. The third-order valence-corrected chi connectivity index (χ3v) is 2.33. The Labute approximate surface area is 104 Å². The highest BCUT2D eigenvalue weighted by Crippen LogP contribution is 2.03. The molecule has 0 amide bonds. The maximum absolute atomic E-state index is 12.2. The molecule has 1 aromatic heterocycles. The van der Waals surface area contributed by atoms with E-state index in [1.54, 1.807) is 6.20 Å². The van der Waals surface area contributed by atoms with Gasteiger partial charge in [-0.1, -0.05) is 0 Å². The van der Waals surface area contributed by atoms with Crippen LogP contribution < -0.4 is 5.73 Å². The van der Waals surface area contributed by atoms with Crippen LogP contribution in [0, 0.1) is 0 Å². The Kier molecular flexibility index (Phi) is 5.96. The molecule has 1 unspecified atom stereocenters. The molecule has 0 aliphatic heterocycles. The number of aliphatic hydroxyl groups is 2. The summed E-state index contributed by atoms with van der Waals surface area (Å²) in [4.78, 5) is 1.31. The lowest BCUT2D eigenvalue weighted by Crippen LogP contribution is -2.39. The molecule has 0 spiro atoms. The monoisotopic (exact) mass is 264 g/mol. The van der Waals surface area contributed by atoms with E-state index in [4.69, 9.17) is 10.8 Å². The molecule has 0 fully saturated rings. The Hall–Kier alpha value is -1.25. The van der Waals surface area contributed by atoms with Crippen molar-refractivity contribution < 1.29 is 19.0 Å². The number of aromatic nitrogens is 2. The van der Waals surface area contributed by atoms with Crippen LogP contribution in [0.2, 0.25) is 0 Å². The average molecular weight is 264 g/mol. The molecule has 1 heterocycles. The fourth-order valence-electron chi connectivity index (χ4n) is 1.64. The molecule has 6 nitrogen and oxygen atoms in total. The van der Waals surface area contributed by atoms with Crippen molar-refractivity contribution >= 4 is 5.69 Å². The van der Waals surface area contributed by atoms with Crippen molar-refractivity contribution in [2.45, 2.75) is 19.1 Å². The predicted molar refractivity (Wildman–Crippen MR) is 62.2 cm³/mol. The first kappa shape index (κ1) is 14.8. The molecule has 0 aliphatic carbocycles. The number of rotatable bonds is 8. The van der Waals surface area contributed by atoms with Crippen LogP contribution in [0.5, 0.6) is 0 Å². The fraction of sp³-hybridized carbons (Fsp3) is 0.700. The Morgan fingerprint density at radius 1 is 1.44 bits per heavy atom. The van der Waals surface area contributed by atoms with Gasteiger partial charge in [0.15, 0.2) is 0 Å². The van der Waals surface area contributed by atoms with Gasteiger partial charge in [-0.3, -0.25) is 9.58 Å². The molecule has 8 heteroatoms. The number of halogens is 2. The van der Waals surface area contributed by atoms with Crippen molar-refractivity contribution in [1.29, 1.82) is 0 Å². The minimum Gasteiger partial charge on any atom is -0.396 e. The number of hydrogen-bond donors (Lipinski definition) is 3. The summed E-state index contributed by atoms with van der Waals surface area (Å²) < 4.78 is 25.9.